The van der Waals surface area contributed by atoms with Crippen LogP contribution in [0.2, 0.25) is 0 Å². The Labute approximate surface area is 180 Å². The zero-order valence-electron chi connectivity index (χ0n) is 17.3. The van der Waals surface area contributed by atoms with E-state index in [1.807, 2.05) is 11.4 Å². The Morgan fingerprint density at radius 3 is 2.40 bits per heavy atom. The lowest BCUT2D eigenvalue weighted by atomic mass is 9.75. The van der Waals surface area contributed by atoms with E-state index in [4.69, 9.17) is 0 Å². The van der Waals surface area contributed by atoms with Crippen molar-refractivity contribution in [3.05, 3.63) is 22.4 Å². The Hall–Kier alpha value is -2.42. The topological polar surface area (TPSA) is 90.0 Å². The Balaban J connectivity index is 1.32. The number of piperazine rings is 1. The van der Waals surface area contributed by atoms with Gasteiger partial charge in [-0.25, -0.2) is 4.79 Å². The van der Waals surface area contributed by atoms with Crippen LogP contribution in [0.1, 0.15) is 48.7 Å². The third-order valence-electron chi connectivity index (χ3n) is 6.73. The molecule has 0 bridgehead atoms. The second-order valence-corrected chi connectivity index (χ2v) is 9.35. The molecule has 9 heteroatoms. The van der Waals surface area contributed by atoms with Crippen molar-refractivity contribution in [2.45, 2.75) is 44.6 Å². The monoisotopic (exact) mass is 432 g/mol. The molecular weight excluding hydrogens is 404 g/mol. The van der Waals surface area contributed by atoms with Crippen LogP contribution in [0.15, 0.2) is 17.5 Å². The van der Waals surface area contributed by atoms with E-state index in [0.717, 1.165) is 24.2 Å². The fourth-order valence-electron chi connectivity index (χ4n) is 4.69. The summed E-state index contributed by atoms with van der Waals surface area (Å²) in [4.78, 5) is 55.8. The summed E-state index contributed by atoms with van der Waals surface area (Å²) in [5.41, 5.74) is -0.825. The molecule has 2 aliphatic heterocycles. The summed E-state index contributed by atoms with van der Waals surface area (Å²) >= 11 is 1.41. The lowest BCUT2D eigenvalue weighted by molar-refractivity contribution is -0.140. The first-order chi connectivity index (χ1) is 14.4. The first-order valence-electron chi connectivity index (χ1n) is 10.7. The molecule has 1 aliphatic carbocycles. The minimum Gasteiger partial charge on any atom is -0.338 e. The molecule has 1 spiro atoms. The predicted octanol–water partition coefficient (Wildman–Crippen LogP) is 1.92. The van der Waals surface area contributed by atoms with Crippen molar-refractivity contribution in [1.82, 2.24) is 20.0 Å². The fraction of sp³-hybridized carbons (Fsp3) is 0.619. The molecule has 3 fully saturated rings. The number of amides is 5. The van der Waals surface area contributed by atoms with Gasteiger partial charge in [-0.3, -0.25) is 19.3 Å². The van der Waals surface area contributed by atoms with E-state index in [0.29, 0.717) is 49.8 Å². The smallest absolute Gasteiger partial charge is 0.325 e. The van der Waals surface area contributed by atoms with Crippen LogP contribution in [0.25, 0.3) is 0 Å². The minimum atomic E-state index is -0.825. The Kier molecular flexibility index (Phi) is 5.81. The molecule has 0 unspecified atom stereocenters. The van der Waals surface area contributed by atoms with Crippen LogP contribution in [0.3, 0.4) is 0 Å². The Bertz CT molecular complexity index is 824. The quantitative estimate of drug-likeness (QED) is 0.736. The van der Waals surface area contributed by atoms with Crippen LogP contribution in [0, 0.1) is 5.92 Å². The van der Waals surface area contributed by atoms with Gasteiger partial charge in [-0.05, 0) is 43.0 Å². The van der Waals surface area contributed by atoms with E-state index in [1.54, 1.807) is 15.9 Å². The first kappa shape index (κ1) is 20.8. The number of hydrogen-bond acceptors (Lipinski definition) is 5. The molecule has 0 atom stereocenters. The number of carbonyl (C=O) groups is 4. The highest BCUT2D eigenvalue weighted by atomic mass is 32.1. The Morgan fingerprint density at radius 2 is 1.80 bits per heavy atom. The van der Waals surface area contributed by atoms with Crippen molar-refractivity contribution in [3.8, 4) is 0 Å². The average Bonchev–Trinajstić information content (AvgIpc) is 3.38. The van der Waals surface area contributed by atoms with E-state index in [-0.39, 0.29) is 24.3 Å². The second-order valence-electron chi connectivity index (χ2n) is 8.41. The number of carbonyl (C=O) groups excluding carboxylic acids is 4. The van der Waals surface area contributed by atoms with Gasteiger partial charge in [0.1, 0.15) is 12.1 Å². The van der Waals surface area contributed by atoms with Gasteiger partial charge in [-0.2, -0.15) is 0 Å². The summed E-state index contributed by atoms with van der Waals surface area (Å²) in [5, 5.41) is 4.74. The maximum atomic E-state index is 13.0. The molecule has 8 nitrogen and oxygen atoms in total. The second kappa shape index (κ2) is 8.37. The molecule has 3 aliphatic rings. The molecule has 1 N–H and O–H groups in total. The van der Waals surface area contributed by atoms with Crippen molar-refractivity contribution in [1.29, 1.82) is 0 Å². The standard InChI is InChI=1S/C21H28N4O4S/c1-2-15-5-7-21(8-6-15)19(28)25(20(29)22-21)14-17(26)23-9-11-24(12-10-23)18(27)16-4-3-13-30-16/h3-4,13,15H,2,5-12,14H2,1H3,(H,22,29). The molecule has 1 aromatic rings. The normalized spacial score (nSPS) is 27.0. The number of hydrogen-bond donors (Lipinski definition) is 1. The third-order valence-corrected chi connectivity index (χ3v) is 7.58. The summed E-state index contributed by atoms with van der Waals surface area (Å²) in [7, 11) is 0. The van der Waals surface area contributed by atoms with Gasteiger partial charge >= 0.3 is 6.03 Å². The van der Waals surface area contributed by atoms with Gasteiger partial charge in [0.25, 0.3) is 11.8 Å². The molecule has 1 saturated carbocycles. The number of imide groups is 1. The highest BCUT2D eigenvalue weighted by Crippen LogP contribution is 2.37. The minimum absolute atomic E-state index is 0.0178. The van der Waals surface area contributed by atoms with Gasteiger partial charge in [0.2, 0.25) is 5.91 Å². The van der Waals surface area contributed by atoms with Crippen LogP contribution >= 0.6 is 11.3 Å². The van der Waals surface area contributed by atoms with Gasteiger partial charge in [-0.15, -0.1) is 11.3 Å². The fourth-order valence-corrected chi connectivity index (χ4v) is 5.38. The van der Waals surface area contributed by atoms with Crippen LogP contribution in [0.5, 0.6) is 0 Å². The van der Waals surface area contributed by atoms with E-state index in [2.05, 4.69) is 12.2 Å². The third kappa shape index (κ3) is 3.82. The highest BCUT2D eigenvalue weighted by molar-refractivity contribution is 7.12. The van der Waals surface area contributed by atoms with E-state index in [1.165, 1.54) is 11.3 Å². The average molecular weight is 433 g/mol. The van der Waals surface area contributed by atoms with Gasteiger partial charge in [-0.1, -0.05) is 19.4 Å². The SMILES string of the molecule is CCC1CCC2(CC1)NC(=O)N(CC(=O)N1CCN(C(=O)c3cccs3)CC1)C2=O. The van der Waals surface area contributed by atoms with Gasteiger partial charge < -0.3 is 15.1 Å². The van der Waals surface area contributed by atoms with Crippen molar-refractivity contribution >= 4 is 35.1 Å². The summed E-state index contributed by atoms with van der Waals surface area (Å²) < 4.78 is 0. The van der Waals surface area contributed by atoms with Crippen molar-refractivity contribution in [2.24, 2.45) is 5.92 Å². The molecule has 3 heterocycles. The summed E-state index contributed by atoms with van der Waals surface area (Å²) in [6, 6.07) is 3.18. The zero-order valence-corrected chi connectivity index (χ0v) is 18.1. The molecule has 162 valence electrons. The molecule has 0 aromatic carbocycles. The lowest BCUT2D eigenvalue weighted by Gasteiger charge is -2.36. The molecule has 5 amide bonds. The maximum Gasteiger partial charge on any atom is 0.325 e. The summed E-state index contributed by atoms with van der Waals surface area (Å²) in [6.45, 7) is 3.63. The van der Waals surface area contributed by atoms with Crippen molar-refractivity contribution in [2.75, 3.05) is 32.7 Å². The molecule has 0 radical (unpaired) electrons. The van der Waals surface area contributed by atoms with Crippen molar-refractivity contribution in [3.63, 3.8) is 0 Å². The van der Waals surface area contributed by atoms with E-state index in [9.17, 15) is 19.2 Å². The Morgan fingerprint density at radius 1 is 1.13 bits per heavy atom. The number of urea groups is 1. The number of nitrogens with zero attached hydrogens (tertiary/aromatic N) is 3. The molecule has 1 aromatic heterocycles. The van der Waals surface area contributed by atoms with Gasteiger partial charge in [0, 0.05) is 26.2 Å². The lowest BCUT2D eigenvalue weighted by Crippen LogP contribution is -2.53. The summed E-state index contributed by atoms with van der Waals surface area (Å²) in [5.74, 6) is 0.0722. The van der Waals surface area contributed by atoms with Crippen LogP contribution in [-0.4, -0.2) is 76.7 Å². The van der Waals surface area contributed by atoms with Gasteiger partial charge in [0.15, 0.2) is 0 Å². The van der Waals surface area contributed by atoms with E-state index >= 15 is 0 Å². The van der Waals surface area contributed by atoms with Crippen LogP contribution in [-0.2, 0) is 9.59 Å². The molecule has 2 saturated heterocycles. The molecule has 30 heavy (non-hydrogen) atoms. The highest BCUT2D eigenvalue weighted by Gasteiger charge is 2.52. The van der Waals surface area contributed by atoms with Crippen LogP contribution < -0.4 is 5.32 Å². The largest absolute Gasteiger partial charge is 0.338 e. The maximum absolute atomic E-state index is 13.0. The number of nitrogens with one attached hydrogen (secondary N) is 1. The van der Waals surface area contributed by atoms with Crippen LogP contribution in [0.4, 0.5) is 4.79 Å². The predicted molar refractivity (Wildman–Crippen MR) is 112 cm³/mol. The van der Waals surface area contributed by atoms with Crippen molar-refractivity contribution < 1.29 is 19.2 Å². The molecule has 4 rings (SSSR count). The zero-order chi connectivity index (χ0) is 21.3. The van der Waals surface area contributed by atoms with E-state index < -0.39 is 11.6 Å². The van der Waals surface area contributed by atoms with Gasteiger partial charge in [0.05, 0.1) is 4.88 Å². The first-order valence-corrected chi connectivity index (χ1v) is 11.6. The summed E-state index contributed by atoms with van der Waals surface area (Å²) in [6.07, 6.45) is 4.21. The number of rotatable bonds is 4. The number of thiophene rings is 1. The molecular formula is C21H28N4O4S.